The van der Waals surface area contributed by atoms with Crippen molar-refractivity contribution in [3.8, 4) is 0 Å². The zero-order chi connectivity index (χ0) is 17.8. The zero-order valence-electron chi connectivity index (χ0n) is 13.1. The van der Waals surface area contributed by atoms with Gasteiger partial charge in [0.2, 0.25) is 0 Å². The van der Waals surface area contributed by atoms with Gasteiger partial charge >= 0.3 is 12.2 Å². The van der Waals surface area contributed by atoms with Crippen LogP contribution in [0.25, 0.3) is 0 Å². The summed E-state index contributed by atoms with van der Waals surface area (Å²) in [5, 5.41) is 11.9. The van der Waals surface area contributed by atoms with Crippen molar-refractivity contribution in [1.29, 1.82) is 0 Å². The molecular formula is C15H20F4N2O2. The van der Waals surface area contributed by atoms with Gasteiger partial charge in [-0.15, -0.1) is 0 Å². The number of carbonyl (C=O) groups excluding carboxylic acids is 1. The summed E-state index contributed by atoms with van der Waals surface area (Å²) in [6, 6.07) is 2.36. The lowest BCUT2D eigenvalue weighted by Crippen LogP contribution is -2.46. The Kier molecular flexibility index (Phi) is 5.98. The van der Waals surface area contributed by atoms with E-state index in [0.717, 1.165) is 17.0 Å². The third kappa shape index (κ3) is 7.32. The molecule has 23 heavy (non-hydrogen) atoms. The van der Waals surface area contributed by atoms with Gasteiger partial charge in [0, 0.05) is 7.05 Å². The Bertz CT molecular complexity index is 524. The van der Waals surface area contributed by atoms with Gasteiger partial charge in [0.05, 0.1) is 24.6 Å². The summed E-state index contributed by atoms with van der Waals surface area (Å²) in [7, 11) is 1.36. The maximum absolute atomic E-state index is 12.9. The first-order chi connectivity index (χ1) is 10.4. The molecule has 1 aromatic carbocycles. The molecule has 1 rings (SSSR count). The molecule has 0 radical (unpaired) electrons. The van der Waals surface area contributed by atoms with E-state index < -0.39 is 36.1 Å². The van der Waals surface area contributed by atoms with Gasteiger partial charge in [-0.25, -0.2) is 9.18 Å². The van der Waals surface area contributed by atoms with Crippen LogP contribution in [0.1, 0.15) is 31.9 Å². The molecule has 2 amide bonds. The summed E-state index contributed by atoms with van der Waals surface area (Å²) in [6.45, 7) is 2.90. The minimum Gasteiger partial charge on any atom is -0.389 e. The number of rotatable bonds is 5. The third-order valence-corrected chi connectivity index (χ3v) is 2.98. The zero-order valence-corrected chi connectivity index (χ0v) is 13.1. The Morgan fingerprint density at radius 1 is 1.26 bits per heavy atom. The largest absolute Gasteiger partial charge is 0.391 e. The van der Waals surface area contributed by atoms with Crippen LogP contribution in [-0.2, 0) is 0 Å². The van der Waals surface area contributed by atoms with Crippen LogP contribution in [0.2, 0.25) is 0 Å². The van der Waals surface area contributed by atoms with Crippen LogP contribution in [0.15, 0.2) is 24.3 Å². The molecule has 0 aliphatic rings. The monoisotopic (exact) mass is 336 g/mol. The average molecular weight is 336 g/mol. The number of nitrogens with one attached hydrogen (secondary N) is 1. The number of halogens is 4. The SMILES string of the molecule is CN(CC(C)(C)O)C(=O)NC(CC(F)(F)F)c1ccc(F)cc1. The molecule has 1 aromatic rings. The van der Waals surface area contributed by atoms with Gasteiger partial charge in [0.1, 0.15) is 5.82 Å². The van der Waals surface area contributed by atoms with Crippen molar-refractivity contribution >= 4 is 6.03 Å². The number of alkyl halides is 3. The highest BCUT2D eigenvalue weighted by Crippen LogP contribution is 2.29. The molecule has 0 heterocycles. The van der Waals surface area contributed by atoms with Crippen molar-refractivity contribution in [2.75, 3.05) is 13.6 Å². The van der Waals surface area contributed by atoms with Gasteiger partial charge in [-0.2, -0.15) is 13.2 Å². The molecule has 1 atom stereocenters. The maximum atomic E-state index is 12.9. The number of amides is 2. The lowest BCUT2D eigenvalue weighted by Gasteiger charge is -2.28. The highest BCUT2D eigenvalue weighted by Gasteiger charge is 2.34. The van der Waals surface area contributed by atoms with E-state index in [1.807, 2.05) is 0 Å². The molecule has 2 N–H and O–H groups in total. The lowest BCUT2D eigenvalue weighted by atomic mass is 10.0. The van der Waals surface area contributed by atoms with E-state index in [1.165, 1.54) is 33.0 Å². The van der Waals surface area contributed by atoms with Gasteiger partial charge < -0.3 is 15.3 Å². The summed E-state index contributed by atoms with van der Waals surface area (Å²) in [5.41, 5.74) is -1.03. The number of carbonyl (C=O) groups is 1. The molecule has 0 aliphatic carbocycles. The molecule has 0 aromatic heterocycles. The Labute approximate surface area is 132 Å². The maximum Gasteiger partial charge on any atom is 0.391 e. The molecular weight excluding hydrogens is 316 g/mol. The Balaban J connectivity index is 2.89. The number of nitrogens with zero attached hydrogens (tertiary/aromatic N) is 1. The van der Waals surface area contributed by atoms with Crippen LogP contribution in [0, 0.1) is 5.82 Å². The summed E-state index contributed by atoms with van der Waals surface area (Å²) >= 11 is 0. The van der Waals surface area contributed by atoms with Crippen molar-refractivity contribution in [1.82, 2.24) is 10.2 Å². The predicted molar refractivity (Wildman–Crippen MR) is 77.3 cm³/mol. The van der Waals surface area contributed by atoms with Crippen molar-refractivity contribution in [3.63, 3.8) is 0 Å². The number of aliphatic hydroxyl groups is 1. The second-order valence-electron chi connectivity index (χ2n) is 6.04. The second kappa shape index (κ2) is 7.16. The van der Waals surface area contributed by atoms with Crippen LogP contribution in [-0.4, -0.2) is 41.4 Å². The van der Waals surface area contributed by atoms with Crippen molar-refractivity contribution < 1.29 is 27.5 Å². The normalized spacial score (nSPS) is 13.6. The fourth-order valence-electron chi connectivity index (χ4n) is 2.09. The number of hydrogen-bond acceptors (Lipinski definition) is 2. The van der Waals surface area contributed by atoms with Gasteiger partial charge in [-0.05, 0) is 31.5 Å². The van der Waals surface area contributed by atoms with Gasteiger partial charge in [-0.1, -0.05) is 12.1 Å². The summed E-state index contributed by atoms with van der Waals surface area (Å²) in [5.74, 6) is -0.579. The molecule has 0 aliphatic heterocycles. The van der Waals surface area contributed by atoms with E-state index in [1.54, 1.807) is 0 Å². The third-order valence-electron chi connectivity index (χ3n) is 2.98. The van der Waals surface area contributed by atoms with Gasteiger partial charge in [0.25, 0.3) is 0 Å². The van der Waals surface area contributed by atoms with Gasteiger partial charge in [0.15, 0.2) is 0 Å². The Morgan fingerprint density at radius 2 is 1.78 bits per heavy atom. The van der Waals surface area contributed by atoms with Crippen molar-refractivity contribution in [2.24, 2.45) is 0 Å². The molecule has 1 unspecified atom stereocenters. The fourth-order valence-corrected chi connectivity index (χ4v) is 2.09. The van der Waals surface area contributed by atoms with Gasteiger partial charge in [-0.3, -0.25) is 0 Å². The molecule has 0 spiro atoms. The fraction of sp³-hybridized carbons (Fsp3) is 0.533. The predicted octanol–water partition coefficient (Wildman–Crippen LogP) is 3.23. The second-order valence-corrected chi connectivity index (χ2v) is 6.04. The van der Waals surface area contributed by atoms with E-state index in [2.05, 4.69) is 5.32 Å². The Hall–Kier alpha value is -1.83. The van der Waals surface area contributed by atoms with E-state index >= 15 is 0 Å². The van der Waals surface area contributed by atoms with E-state index in [4.69, 9.17) is 0 Å². The minimum absolute atomic E-state index is 0.0546. The average Bonchev–Trinajstić information content (AvgIpc) is 2.35. The Morgan fingerprint density at radius 3 is 2.22 bits per heavy atom. The summed E-state index contributed by atoms with van der Waals surface area (Å²) in [6.07, 6.45) is -5.78. The molecule has 4 nitrogen and oxygen atoms in total. The first-order valence-corrected chi connectivity index (χ1v) is 6.93. The van der Waals surface area contributed by atoms with E-state index in [-0.39, 0.29) is 12.1 Å². The molecule has 0 saturated carbocycles. The van der Waals surface area contributed by atoms with Crippen LogP contribution in [0.3, 0.4) is 0 Å². The molecule has 130 valence electrons. The van der Waals surface area contributed by atoms with E-state index in [9.17, 15) is 27.5 Å². The minimum atomic E-state index is -4.50. The summed E-state index contributed by atoms with van der Waals surface area (Å²) < 4.78 is 51.1. The van der Waals surface area contributed by atoms with Crippen LogP contribution in [0.4, 0.5) is 22.4 Å². The smallest absolute Gasteiger partial charge is 0.389 e. The first-order valence-electron chi connectivity index (χ1n) is 6.93. The quantitative estimate of drug-likeness (QED) is 0.811. The van der Waals surface area contributed by atoms with Crippen molar-refractivity contribution in [2.45, 2.75) is 38.1 Å². The molecule has 0 saturated heterocycles. The standard InChI is InChI=1S/C15H20F4N2O2/c1-14(2,23)9-21(3)13(22)20-12(8-15(17,18)19)10-4-6-11(16)7-5-10/h4-7,12,23H,8-9H2,1-3H3,(H,20,22). The highest BCUT2D eigenvalue weighted by molar-refractivity contribution is 5.74. The summed E-state index contributed by atoms with van der Waals surface area (Å²) in [4.78, 5) is 13.1. The molecule has 0 fully saturated rings. The highest BCUT2D eigenvalue weighted by atomic mass is 19.4. The number of hydrogen-bond donors (Lipinski definition) is 2. The molecule has 0 bridgehead atoms. The van der Waals surface area contributed by atoms with Crippen LogP contribution >= 0.6 is 0 Å². The first kappa shape index (κ1) is 19.2. The molecule has 8 heteroatoms. The van der Waals surface area contributed by atoms with Crippen molar-refractivity contribution in [3.05, 3.63) is 35.6 Å². The van der Waals surface area contributed by atoms with Crippen LogP contribution in [0.5, 0.6) is 0 Å². The number of benzene rings is 1. The lowest BCUT2D eigenvalue weighted by molar-refractivity contribution is -0.139. The topological polar surface area (TPSA) is 52.6 Å². The van der Waals surface area contributed by atoms with Crippen LogP contribution < -0.4 is 5.32 Å². The number of urea groups is 1. The van der Waals surface area contributed by atoms with E-state index in [0.29, 0.717) is 0 Å². The number of likely N-dealkylation sites (N-methyl/N-ethyl adjacent to an activating group) is 1.